The molecule has 0 N–H and O–H groups in total. The first-order chi connectivity index (χ1) is 8.78. The van der Waals surface area contributed by atoms with Crippen LogP contribution in [-0.4, -0.2) is 26.9 Å². The maximum absolute atomic E-state index is 10.9. The molecule has 4 unspecified atom stereocenters. The summed E-state index contributed by atoms with van der Waals surface area (Å²) in [6.07, 6.45) is 5.50. The summed E-state index contributed by atoms with van der Waals surface area (Å²) in [4.78, 5) is 0. The van der Waals surface area contributed by atoms with Crippen molar-refractivity contribution in [2.45, 2.75) is 59.0 Å². The van der Waals surface area contributed by atoms with Gasteiger partial charge in [0.25, 0.3) is 0 Å². The molecule has 1 saturated carbocycles. The minimum Gasteiger partial charge on any atom is -0.378 e. The Kier molecular flexibility index (Phi) is 7.12. The molecule has 0 amide bonds. The molecule has 1 aliphatic rings. The molecule has 1 aliphatic carbocycles. The molecule has 3 nitrogen and oxygen atoms in total. The second kappa shape index (κ2) is 7.84. The first-order valence-corrected chi connectivity index (χ1v) is 9.79. The Morgan fingerprint density at radius 3 is 2.47 bits per heavy atom. The van der Waals surface area contributed by atoms with E-state index in [9.17, 15) is 8.42 Å². The summed E-state index contributed by atoms with van der Waals surface area (Å²) in [5, 5.41) is 0. The van der Waals surface area contributed by atoms with Gasteiger partial charge in [0, 0.05) is 17.3 Å². The zero-order chi connectivity index (χ0) is 14.5. The smallest absolute Gasteiger partial charge is 0.232 e. The van der Waals surface area contributed by atoms with Crippen LogP contribution in [-0.2, 0) is 13.8 Å². The normalized spacial score (nSPS) is 30.2. The Labute approximate surface area is 122 Å². The van der Waals surface area contributed by atoms with Crippen LogP contribution in [0.4, 0.5) is 0 Å². The average molecular weight is 311 g/mol. The van der Waals surface area contributed by atoms with Crippen LogP contribution in [0.3, 0.4) is 0 Å². The van der Waals surface area contributed by atoms with E-state index in [1.807, 2.05) is 0 Å². The topological polar surface area (TPSA) is 43.4 Å². The van der Waals surface area contributed by atoms with E-state index < -0.39 is 9.05 Å². The summed E-state index contributed by atoms with van der Waals surface area (Å²) in [6.45, 7) is 7.40. The Balaban J connectivity index is 2.13. The van der Waals surface area contributed by atoms with Gasteiger partial charge < -0.3 is 4.74 Å². The Hall–Kier alpha value is 0.200. The van der Waals surface area contributed by atoms with Crippen molar-refractivity contribution in [2.75, 3.05) is 12.4 Å². The summed E-state index contributed by atoms with van der Waals surface area (Å²) >= 11 is 0. The van der Waals surface area contributed by atoms with Crippen molar-refractivity contribution >= 4 is 19.7 Å². The van der Waals surface area contributed by atoms with Gasteiger partial charge >= 0.3 is 0 Å². The minimum absolute atomic E-state index is 0.0632. The van der Waals surface area contributed by atoms with Crippen molar-refractivity contribution in [3.8, 4) is 0 Å². The summed E-state index contributed by atoms with van der Waals surface area (Å²) < 4.78 is 27.6. The maximum atomic E-state index is 10.9. The first-order valence-electron chi connectivity index (χ1n) is 7.32. The van der Waals surface area contributed by atoms with E-state index >= 15 is 0 Å². The van der Waals surface area contributed by atoms with Gasteiger partial charge in [-0.1, -0.05) is 20.8 Å². The van der Waals surface area contributed by atoms with Crippen LogP contribution >= 0.6 is 10.7 Å². The van der Waals surface area contributed by atoms with Crippen LogP contribution in [0.5, 0.6) is 0 Å². The zero-order valence-electron chi connectivity index (χ0n) is 12.3. The number of ether oxygens (including phenoxy) is 1. The summed E-state index contributed by atoms with van der Waals surface area (Å²) in [6, 6.07) is 0. The van der Waals surface area contributed by atoms with Crippen LogP contribution in [0.2, 0.25) is 0 Å². The van der Waals surface area contributed by atoms with E-state index in [1.54, 1.807) is 0 Å². The molecule has 5 heteroatoms. The molecular formula is C14H27ClO3S. The van der Waals surface area contributed by atoms with Gasteiger partial charge in [-0.2, -0.15) is 0 Å². The number of rotatable bonds is 7. The lowest BCUT2D eigenvalue weighted by Gasteiger charge is -2.32. The number of hydrogen-bond donors (Lipinski definition) is 0. The highest BCUT2D eigenvalue weighted by Gasteiger charge is 2.24. The quantitative estimate of drug-likeness (QED) is 0.672. The zero-order valence-corrected chi connectivity index (χ0v) is 13.8. The molecule has 0 aromatic heterocycles. The van der Waals surface area contributed by atoms with Crippen molar-refractivity contribution < 1.29 is 13.2 Å². The van der Waals surface area contributed by atoms with Crippen LogP contribution in [0, 0.1) is 17.8 Å². The van der Waals surface area contributed by atoms with Gasteiger partial charge in [-0.05, 0) is 49.9 Å². The highest BCUT2D eigenvalue weighted by molar-refractivity contribution is 8.13. The molecule has 0 saturated heterocycles. The highest BCUT2D eigenvalue weighted by atomic mass is 35.7. The van der Waals surface area contributed by atoms with Gasteiger partial charge in [-0.15, -0.1) is 0 Å². The summed E-state index contributed by atoms with van der Waals surface area (Å²) in [5.74, 6) is 1.96. The Morgan fingerprint density at radius 2 is 1.89 bits per heavy atom. The van der Waals surface area contributed by atoms with Gasteiger partial charge in [-0.3, -0.25) is 0 Å². The molecule has 1 fully saturated rings. The predicted molar refractivity (Wildman–Crippen MR) is 80.0 cm³/mol. The van der Waals surface area contributed by atoms with E-state index in [4.69, 9.17) is 15.4 Å². The van der Waals surface area contributed by atoms with Crippen molar-refractivity contribution in [1.29, 1.82) is 0 Å². The van der Waals surface area contributed by atoms with E-state index in [0.717, 1.165) is 37.7 Å². The molecule has 0 heterocycles. The van der Waals surface area contributed by atoms with Crippen molar-refractivity contribution in [2.24, 2.45) is 17.8 Å². The van der Waals surface area contributed by atoms with Crippen LogP contribution in [0.15, 0.2) is 0 Å². The Morgan fingerprint density at radius 1 is 1.21 bits per heavy atom. The predicted octanol–water partition coefficient (Wildman–Crippen LogP) is 3.81. The molecule has 4 atom stereocenters. The van der Waals surface area contributed by atoms with E-state index in [0.29, 0.717) is 18.4 Å². The fourth-order valence-electron chi connectivity index (χ4n) is 2.57. The Bertz CT molecular complexity index is 356. The standard InChI is InChI=1S/C14H27ClO3S/c1-11(7-9-19(15,16)17)6-8-18-14-5-4-12(2)13(3)10-14/h11-14H,4-10H2,1-3H3. The van der Waals surface area contributed by atoms with Gasteiger partial charge in [0.1, 0.15) is 0 Å². The molecule has 0 aliphatic heterocycles. The van der Waals surface area contributed by atoms with Gasteiger partial charge in [0.2, 0.25) is 9.05 Å². The van der Waals surface area contributed by atoms with Crippen molar-refractivity contribution in [1.82, 2.24) is 0 Å². The molecule has 0 aromatic rings. The largest absolute Gasteiger partial charge is 0.378 e. The molecule has 0 aromatic carbocycles. The lowest BCUT2D eigenvalue weighted by atomic mass is 9.80. The lowest BCUT2D eigenvalue weighted by molar-refractivity contribution is -0.00231. The first kappa shape index (κ1) is 17.3. The SMILES string of the molecule is CC(CCOC1CCC(C)C(C)C1)CCS(=O)(=O)Cl. The van der Waals surface area contributed by atoms with Gasteiger partial charge in [0.15, 0.2) is 0 Å². The van der Waals surface area contributed by atoms with E-state index in [1.165, 1.54) is 6.42 Å². The average Bonchev–Trinajstić information content (AvgIpc) is 2.30. The third-order valence-corrected chi connectivity index (χ3v) is 5.55. The number of halogens is 1. The molecule has 0 radical (unpaired) electrons. The maximum Gasteiger partial charge on any atom is 0.232 e. The second-order valence-corrected chi connectivity index (χ2v) is 9.08. The third-order valence-electron chi connectivity index (χ3n) is 4.37. The van der Waals surface area contributed by atoms with E-state index in [-0.39, 0.29) is 5.75 Å². The van der Waals surface area contributed by atoms with Crippen molar-refractivity contribution in [3.05, 3.63) is 0 Å². The molecule has 0 spiro atoms. The van der Waals surface area contributed by atoms with Crippen LogP contribution < -0.4 is 0 Å². The number of hydrogen-bond acceptors (Lipinski definition) is 3. The third kappa shape index (κ3) is 7.52. The summed E-state index contributed by atoms with van der Waals surface area (Å²) in [5.41, 5.74) is 0. The van der Waals surface area contributed by atoms with Crippen molar-refractivity contribution in [3.63, 3.8) is 0 Å². The minimum atomic E-state index is -3.35. The lowest BCUT2D eigenvalue weighted by Crippen LogP contribution is -2.27. The fourth-order valence-corrected chi connectivity index (χ4v) is 3.52. The fraction of sp³-hybridized carbons (Fsp3) is 1.00. The molecular weight excluding hydrogens is 284 g/mol. The van der Waals surface area contributed by atoms with Crippen LogP contribution in [0.25, 0.3) is 0 Å². The molecule has 114 valence electrons. The highest BCUT2D eigenvalue weighted by Crippen LogP contribution is 2.31. The monoisotopic (exact) mass is 310 g/mol. The second-order valence-electron chi connectivity index (χ2n) is 6.19. The van der Waals surface area contributed by atoms with Gasteiger partial charge in [0.05, 0.1) is 11.9 Å². The van der Waals surface area contributed by atoms with Crippen LogP contribution in [0.1, 0.15) is 52.9 Å². The van der Waals surface area contributed by atoms with E-state index in [2.05, 4.69) is 20.8 Å². The molecule has 1 rings (SSSR count). The summed E-state index contributed by atoms with van der Waals surface area (Å²) in [7, 11) is 1.86. The van der Waals surface area contributed by atoms with Gasteiger partial charge in [-0.25, -0.2) is 8.42 Å². The molecule has 0 bridgehead atoms. The molecule has 19 heavy (non-hydrogen) atoms.